The monoisotopic (exact) mass is 1080 g/mol. The predicted octanol–water partition coefficient (Wildman–Crippen LogP) is 13.0. The quantitative estimate of drug-likeness (QED) is 0.139. The molecule has 0 unspecified atom stereocenters. The molecule has 1 aromatic heterocycles. The van der Waals surface area contributed by atoms with Gasteiger partial charge in [0.15, 0.2) is 11.5 Å². The lowest BCUT2D eigenvalue weighted by Gasteiger charge is -2.32. The molecule has 13 heteroatoms. The third kappa shape index (κ3) is 12.8. The lowest BCUT2D eigenvalue weighted by molar-refractivity contribution is -0.132. The van der Waals surface area contributed by atoms with Crippen LogP contribution < -0.4 is 23.8 Å². The minimum atomic E-state index is 0.145. The second-order valence-corrected chi connectivity index (χ2v) is 21.4. The molecule has 0 spiro atoms. The first-order chi connectivity index (χ1) is 38.8. The Bertz CT molecular complexity index is 3350. The first-order valence-corrected chi connectivity index (χ1v) is 28.5. The zero-order valence-corrected chi connectivity index (χ0v) is 48.3. The Morgan fingerprint density at radius 1 is 0.588 bits per heavy atom. The van der Waals surface area contributed by atoms with Gasteiger partial charge in [-0.3, -0.25) is 19.1 Å². The molecule has 6 aromatic carbocycles. The molecular formula is C67H78N6O7. The number of ether oxygens (including phenoxy) is 4. The highest BCUT2D eigenvalue weighted by molar-refractivity contribution is 5.79. The van der Waals surface area contributed by atoms with Crippen LogP contribution in [0.25, 0.3) is 33.4 Å². The molecule has 4 aliphatic heterocycles. The molecule has 7 aromatic rings. The van der Waals surface area contributed by atoms with Crippen LogP contribution in [0.4, 0.5) is 11.4 Å². The van der Waals surface area contributed by atoms with E-state index < -0.39 is 0 Å². The van der Waals surface area contributed by atoms with Gasteiger partial charge in [-0.05, 0) is 137 Å². The van der Waals surface area contributed by atoms with Gasteiger partial charge in [-0.15, -0.1) is 0 Å². The van der Waals surface area contributed by atoms with Crippen LogP contribution in [0.2, 0.25) is 0 Å². The summed E-state index contributed by atoms with van der Waals surface area (Å²) in [6.45, 7) is 20.6. The molecule has 0 radical (unpaired) electrons. The molecule has 80 heavy (non-hydrogen) atoms. The number of aryl methyl sites for hydroxylation is 4. The van der Waals surface area contributed by atoms with Crippen LogP contribution in [0.5, 0.6) is 23.0 Å². The summed E-state index contributed by atoms with van der Waals surface area (Å²) in [5.41, 5.74) is 17.7. The number of carbonyl (C=O) groups excluding carboxylic acids is 3. The van der Waals surface area contributed by atoms with E-state index in [9.17, 15) is 14.4 Å². The Kier molecular flexibility index (Phi) is 18.3. The first-order valence-electron chi connectivity index (χ1n) is 28.5. The molecule has 0 bridgehead atoms. The number of benzene rings is 6. The molecule has 0 atom stereocenters. The van der Waals surface area contributed by atoms with Gasteiger partial charge in [0.25, 0.3) is 0 Å². The summed E-state index contributed by atoms with van der Waals surface area (Å²) in [6.07, 6.45) is 7.71. The van der Waals surface area contributed by atoms with Crippen LogP contribution in [0.3, 0.4) is 0 Å². The van der Waals surface area contributed by atoms with Crippen molar-refractivity contribution in [3.8, 4) is 56.4 Å². The van der Waals surface area contributed by atoms with Crippen LogP contribution in [0, 0.1) is 13.8 Å². The number of nitrogens with zero attached hydrogens (tertiary/aromatic N) is 6. The van der Waals surface area contributed by atoms with Crippen molar-refractivity contribution in [2.75, 3.05) is 58.0 Å². The third-order valence-electron chi connectivity index (χ3n) is 15.6. The van der Waals surface area contributed by atoms with Crippen molar-refractivity contribution < 1.29 is 33.3 Å². The number of fused-ring (bicyclic) bond motifs is 4. The Morgan fingerprint density at radius 2 is 1.14 bits per heavy atom. The molecule has 5 heterocycles. The van der Waals surface area contributed by atoms with Crippen LogP contribution >= 0.6 is 0 Å². The molecule has 0 N–H and O–H groups in total. The van der Waals surface area contributed by atoms with Crippen molar-refractivity contribution in [2.45, 2.75) is 106 Å². The highest BCUT2D eigenvalue weighted by Gasteiger charge is 2.27. The Balaban J connectivity index is 0.000000147. The zero-order valence-electron chi connectivity index (χ0n) is 48.3. The second kappa shape index (κ2) is 25.8. The third-order valence-corrected chi connectivity index (χ3v) is 15.6. The van der Waals surface area contributed by atoms with E-state index in [4.69, 9.17) is 18.9 Å². The summed E-state index contributed by atoms with van der Waals surface area (Å²) in [5, 5.41) is 4.31. The number of amides is 3. The maximum atomic E-state index is 12.3. The van der Waals surface area contributed by atoms with Crippen LogP contribution in [0.15, 0.2) is 122 Å². The number of anilines is 2. The van der Waals surface area contributed by atoms with Gasteiger partial charge in [-0.25, -0.2) is 0 Å². The van der Waals surface area contributed by atoms with Crippen molar-refractivity contribution in [1.29, 1.82) is 0 Å². The maximum Gasteiger partial charge on any atom is 0.222 e. The smallest absolute Gasteiger partial charge is 0.222 e. The van der Waals surface area contributed by atoms with Crippen LogP contribution in [-0.2, 0) is 47.5 Å². The van der Waals surface area contributed by atoms with Gasteiger partial charge in [0.2, 0.25) is 17.7 Å². The van der Waals surface area contributed by atoms with E-state index in [-0.39, 0.29) is 17.7 Å². The standard InChI is InChI=1S/C25H28N4O2.C22H27NO2.C20H23NO3/c1-3-25(30)28-11-12-31-24-9-7-22(14-20(24)17-28)29-10-4-5-19-13-18(6-8-23(19)29)21-15-26-27(2)16-21;1-5-21(24)23-10-11-25-22-18(14-23)12-17(13-20(22)15(2)3)19-9-7-6-8-16(19)4;1-4-19(22)21-9-10-24-20-16(13-21)11-15(12-18(20)23-3)17-8-6-5-7-14(17)2/h6-9,13-16H,3-5,10-12,17H2,1-2H3;6-9,12-13,15H,5,10-11,14H2,1-4H3;5-8,11-12H,4,9-10,13H2,1-3H3. The molecule has 3 amide bonds. The van der Waals surface area contributed by atoms with E-state index in [0.717, 1.165) is 81.5 Å². The number of aromatic nitrogens is 2. The SMILES string of the molecule is CCC(=O)N1CCOc2c(cc(-c3ccccc3C)cc2C(C)C)C1.CCC(=O)N1CCOc2c(cc(-c3ccccc3C)cc2OC)C1.CCC(=O)N1CCOc2ccc(N3CCCc4cc(-c5cnn(C)c5)ccc43)cc2C1. The number of hydrogen-bond acceptors (Lipinski definition) is 9. The fraction of sp³-hybridized carbons (Fsp3) is 0.373. The summed E-state index contributed by atoms with van der Waals surface area (Å²) in [7, 11) is 3.60. The van der Waals surface area contributed by atoms with Gasteiger partial charge in [0.1, 0.15) is 31.3 Å². The zero-order chi connectivity index (χ0) is 56.5. The van der Waals surface area contributed by atoms with E-state index in [1.165, 1.54) is 44.6 Å². The number of hydrogen-bond donors (Lipinski definition) is 0. The normalized spacial score (nSPS) is 14.6. The lowest BCUT2D eigenvalue weighted by atomic mass is 9.91. The number of rotatable bonds is 9. The summed E-state index contributed by atoms with van der Waals surface area (Å²) >= 11 is 0. The highest BCUT2D eigenvalue weighted by Crippen LogP contribution is 2.42. The molecular weight excluding hydrogens is 1000 g/mol. The van der Waals surface area contributed by atoms with Crippen molar-refractivity contribution in [3.63, 3.8) is 0 Å². The molecule has 0 saturated heterocycles. The second-order valence-electron chi connectivity index (χ2n) is 21.4. The first kappa shape index (κ1) is 56.7. The van der Waals surface area contributed by atoms with Gasteiger partial charge >= 0.3 is 0 Å². The van der Waals surface area contributed by atoms with E-state index >= 15 is 0 Å². The topological polar surface area (TPSA) is 119 Å². The van der Waals surface area contributed by atoms with Crippen molar-refractivity contribution in [3.05, 3.63) is 161 Å². The minimum absolute atomic E-state index is 0.145. The lowest BCUT2D eigenvalue weighted by Crippen LogP contribution is -2.31. The summed E-state index contributed by atoms with van der Waals surface area (Å²) < 4.78 is 25.3. The minimum Gasteiger partial charge on any atom is -0.493 e. The molecule has 0 saturated carbocycles. The molecule has 11 rings (SSSR count). The molecule has 418 valence electrons. The fourth-order valence-electron chi connectivity index (χ4n) is 11.2. The van der Waals surface area contributed by atoms with E-state index in [0.29, 0.717) is 84.3 Å². The highest BCUT2D eigenvalue weighted by atomic mass is 16.5. The van der Waals surface area contributed by atoms with Gasteiger partial charge in [-0.2, -0.15) is 5.10 Å². The van der Waals surface area contributed by atoms with Gasteiger partial charge < -0.3 is 38.5 Å². The summed E-state index contributed by atoms with van der Waals surface area (Å²) in [6, 6.07) is 38.4. The van der Waals surface area contributed by atoms with Gasteiger partial charge in [0.05, 0.1) is 32.9 Å². The molecule has 0 aliphatic carbocycles. The van der Waals surface area contributed by atoms with Crippen molar-refractivity contribution >= 4 is 29.1 Å². The Morgan fingerprint density at radius 3 is 1.70 bits per heavy atom. The summed E-state index contributed by atoms with van der Waals surface area (Å²) in [5.74, 6) is 4.20. The molecule has 0 fully saturated rings. The molecule has 13 nitrogen and oxygen atoms in total. The largest absolute Gasteiger partial charge is 0.493 e. The predicted molar refractivity (Wildman–Crippen MR) is 318 cm³/mol. The maximum absolute atomic E-state index is 12.3. The van der Waals surface area contributed by atoms with Gasteiger partial charge in [-0.1, -0.05) is 89.2 Å². The number of carbonyl (C=O) groups is 3. The van der Waals surface area contributed by atoms with Crippen LogP contribution in [0.1, 0.15) is 105 Å². The average molecular weight is 1080 g/mol. The fourth-order valence-corrected chi connectivity index (χ4v) is 11.2. The number of methoxy groups -OCH3 is 1. The van der Waals surface area contributed by atoms with Gasteiger partial charge in [0, 0.05) is 92.3 Å². The molecule has 4 aliphatic rings. The van der Waals surface area contributed by atoms with E-state index in [1.807, 2.05) is 71.6 Å². The Labute approximate surface area is 473 Å². The summed E-state index contributed by atoms with van der Waals surface area (Å²) in [4.78, 5) is 44.7. The van der Waals surface area contributed by atoms with Crippen molar-refractivity contribution in [2.24, 2.45) is 7.05 Å². The average Bonchev–Trinajstić information content (AvgIpc) is 3.64. The Hall–Kier alpha value is -8.06. The van der Waals surface area contributed by atoms with E-state index in [2.05, 4.69) is 135 Å². The van der Waals surface area contributed by atoms with E-state index in [1.54, 1.807) is 7.11 Å². The van der Waals surface area contributed by atoms with Crippen LogP contribution in [-0.4, -0.2) is 95.3 Å². The van der Waals surface area contributed by atoms with Crippen molar-refractivity contribution in [1.82, 2.24) is 24.5 Å².